The van der Waals surface area contributed by atoms with Crippen molar-refractivity contribution in [3.05, 3.63) is 29.6 Å². The molecule has 1 aromatic rings. The quantitative estimate of drug-likeness (QED) is 0.735. The van der Waals surface area contributed by atoms with E-state index in [0.717, 1.165) is 5.56 Å². The Kier molecular flexibility index (Phi) is 4.77. The van der Waals surface area contributed by atoms with E-state index in [1.807, 2.05) is 13.0 Å². The van der Waals surface area contributed by atoms with Crippen molar-refractivity contribution >= 4 is 5.97 Å². The zero-order chi connectivity index (χ0) is 11.1. The molecule has 0 saturated carbocycles. The third kappa shape index (κ3) is 4.08. The zero-order valence-electron chi connectivity index (χ0n) is 9.12. The van der Waals surface area contributed by atoms with Gasteiger partial charge in [-0.15, -0.1) is 0 Å². The maximum atomic E-state index is 11.0. The first-order chi connectivity index (χ1) is 7.24. The number of nitrogens with zero attached hydrogens (tertiary/aromatic N) is 1. The Morgan fingerprint density at radius 1 is 1.60 bits per heavy atom. The normalized spacial score (nSPS) is 10.0. The molecule has 0 aliphatic carbocycles. The fourth-order valence-corrected chi connectivity index (χ4v) is 1.19. The average molecular weight is 208 g/mol. The number of aryl methyl sites for hydroxylation is 1. The Balaban J connectivity index is 2.32. The second-order valence-electron chi connectivity index (χ2n) is 3.21. The molecule has 0 spiro atoms. The van der Waals surface area contributed by atoms with Gasteiger partial charge in [0.2, 0.25) is 0 Å². The van der Waals surface area contributed by atoms with Gasteiger partial charge in [0.1, 0.15) is 0 Å². The maximum absolute atomic E-state index is 11.0. The van der Waals surface area contributed by atoms with Crippen LogP contribution < -0.4 is 5.32 Å². The van der Waals surface area contributed by atoms with Gasteiger partial charge in [0, 0.05) is 18.9 Å². The lowest BCUT2D eigenvalue weighted by Crippen LogP contribution is -2.24. The second-order valence-corrected chi connectivity index (χ2v) is 3.21. The number of rotatable bonds is 5. The third-order valence-electron chi connectivity index (χ3n) is 2.04. The van der Waals surface area contributed by atoms with Crippen molar-refractivity contribution in [1.82, 2.24) is 10.3 Å². The topological polar surface area (TPSA) is 51.2 Å². The molecule has 1 N–H and O–H groups in total. The van der Waals surface area contributed by atoms with Crippen LogP contribution in [0.1, 0.15) is 18.1 Å². The number of esters is 1. The van der Waals surface area contributed by atoms with Crippen molar-refractivity contribution in [3.8, 4) is 0 Å². The molecule has 1 aromatic heterocycles. The van der Waals surface area contributed by atoms with Gasteiger partial charge < -0.3 is 10.1 Å². The molecular weight excluding hydrogens is 192 g/mol. The van der Waals surface area contributed by atoms with Crippen molar-refractivity contribution in [2.24, 2.45) is 0 Å². The molecule has 82 valence electrons. The standard InChI is InChI=1S/C11H16N2O2/c1-3-15-11(14)8-13-7-10-6-12-5-4-9(10)2/h4-6,13H,3,7-8H2,1-2H3. The van der Waals surface area contributed by atoms with E-state index in [0.29, 0.717) is 13.2 Å². The van der Waals surface area contributed by atoms with Gasteiger partial charge in [-0.2, -0.15) is 0 Å². The van der Waals surface area contributed by atoms with Crippen LogP contribution in [-0.4, -0.2) is 24.1 Å². The summed E-state index contributed by atoms with van der Waals surface area (Å²) in [6, 6.07) is 1.95. The summed E-state index contributed by atoms with van der Waals surface area (Å²) in [6.45, 7) is 5.11. The van der Waals surface area contributed by atoms with Gasteiger partial charge in [0.25, 0.3) is 0 Å². The highest BCUT2D eigenvalue weighted by Gasteiger charge is 2.01. The first-order valence-corrected chi connectivity index (χ1v) is 5.00. The van der Waals surface area contributed by atoms with Gasteiger partial charge in [0.15, 0.2) is 0 Å². The molecule has 0 aliphatic heterocycles. The summed E-state index contributed by atoms with van der Waals surface area (Å²) < 4.78 is 4.79. The predicted octanol–water partition coefficient (Wildman–Crippen LogP) is 1.04. The molecule has 1 heterocycles. The van der Waals surface area contributed by atoms with Gasteiger partial charge >= 0.3 is 5.97 Å². The van der Waals surface area contributed by atoms with E-state index in [1.165, 1.54) is 5.56 Å². The van der Waals surface area contributed by atoms with E-state index in [-0.39, 0.29) is 12.5 Å². The Bertz CT molecular complexity index is 326. The number of hydrogen-bond donors (Lipinski definition) is 1. The lowest BCUT2D eigenvalue weighted by molar-refractivity contribution is -0.142. The molecule has 0 aromatic carbocycles. The Morgan fingerprint density at radius 3 is 3.07 bits per heavy atom. The van der Waals surface area contributed by atoms with Crippen molar-refractivity contribution in [1.29, 1.82) is 0 Å². The highest BCUT2D eigenvalue weighted by Crippen LogP contribution is 2.03. The number of pyridine rings is 1. The van der Waals surface area contributed by atoms with Crippen LogP contribution in [0.3, 0.4) is 0 Å². The predicted molar refractivity (Wildman–Crippen MR) is 57.3 cm³/mol. The zero-order valence-corrected chi connectivity index (χ0v) is 9.12. The third-order valence-corrected chi connectivity index (χ3v) is 2.04. The molecule has 0 amide bonds. The fraction of sp³-hybridized carbons (Fsp3) is 0.455. The SMILES string of the molecule is CCOC(=O)CNCc1cnccc1C. The van der Waals surface area contributed by atoms with Crippen LogP contribution in [0.25, 0.3) is 0 Å². The minimum absolute atomic E-state index is 0.223. The van der Waals surface area contributed by atoms with Gasteiger partial charge in [0.05, 0.1) is 13.2 Å². The van der Waals surface area contributed by atoms with Crippen LogP contribution in [-0.2, 0) is 16.1 Å². The van der Waals surface area contributed by atoms with Gasteiger partial charge in [-0.05, 0) is 31.0 Å². The highest BCUT2D eigenvalue weighted by molar-refractivity contribution is 5.71. The summed E-state index contributed by atoms with van der Waals surface area (Å²) in [5, 5.41) is 3.01. The number of aromatic nitrogens is 1. The molecule has 0 aliphatic rings. The summed E-state index contributed by atoms with van der Waals surface area (Å²) in [5.41, 5.74) is 2.27. The monoisotopic (exact) mass is 208 g/mol. The van der Waals surface area contributed by atoms with Crippen molar-refractivity contribution in [2.45, 2.75) is 20.4 Å². The van der Waals surface area contributed by atoms with E-state index in [2.05, 4.69) is 10.3 Å². The van der Waals surface area contributed by atoms with E-state index in [4.69, 9.17) is 4.74 Å². The van der Waals surface area contributed by atoms with Crippen LogP contribution in [0, 0.1) is 6.92 Å². The number of carbonyl (C=O) groups excluding carboxylic acids is 1. The van der Waals surface area contributed by atoms with Gasteiger partial charge in [-0.1, -0.05) is 0 Å². The molecule has 0 unspecified atom stereocenters. The first kappa shape index (κ1) is 11.7. The summed E-state index contributed by atoms with van der Waals surface area (Å²) >= 11 is 0. The Labute approximate surface area is 89.7 Å². The Hall–Kier alpha value is -1.42. The van der Waals surface area contributed by atoms with Gasteiger partial charge in [-0.3, -0.25) is 9.78 Å². The minimum atomic E-state index is -0.223. The summed E-state index contributed by atoms with van der Waals surface area (Å²) in [5.74, 6) is -0.223. The van der Waals surface area contributed by atoms with Crippen molar-refractivity contribution in [3.63, 3.8) is 0 Å². The van der Waals surface area contributed by atoms with Crippen LogP contribution in [0.4, 0.5) is 0 Å². The smallest absolute Gasteiger partial charge is 0.319 e. The van der Waals surface area contributed by atoms with Crippen LogP contribution in [0.5, 0.6) is 0 Å². The summed E-state index contributed by atoms with van der Waals surface area (Å²) in [7, 11) is 0. The average Bonchev–Trinajstić information content (AvgIpc) is 2.21. The van der Waals surface area contributed by atoms with E-state index in [9.17, 15) is 4.79 Å². The second kappa shape index (κ2) is 6.14. The highest BCUT2D eigenvalue weighted by atomic mass is 16.5. The lowest BCUT2D eigenvalue weighted by atomic mass is 10.2. The van der Waals surface area contributed by atoms with Gasteiger partial charge in [-0.25, -0.2) is 0 Å². The van der Waals surface area contributed by atoms with Crippen LogP contribution in [0.15, 0.2) is 18.5 Å². The van der Waals surface area contributed by atoms with E-state index in [1.54, 1.807) is 19.3 Å². The number of nitrogens with one attached hydrogen (secondary N) is 1. The largest absolute Gasteiger partial charge is 0.465 e. The van der Waals surface area contributed by atoms with Crippen molar-refractivity contribution < 1.29 is 9.53 Å². The summed E-state index contributed by atoms with van der Waals surface area (Å²) in [4.78, 5) is 15.0. The first-order valence-electron chi connectivity index (χ1n) is 5.00. The lowest BCUT2D eigenvalue weighted by Gasteiger charge is -2.06. The van der Waals surface area contributed by atoms with E-state index >= 15 is 0 Å². The molecule has 0 bridgehead atoms. The number of ether oxygens (including phenoxy) is 1. The molecule has 15 heavy (non-hydrogen) atoms. The fourth-order valence-electron chi connectivity index (χ4n) is 1.19. The molecule has 0 atom stereocenters. The molecule has 4 nitrogen and oxygen atoms in total. The Morgan fingerprint density at radius 2 is 2.40 bits per heavy atom. The maximum Gasteiger partial charge on any atom is 0.319 e. The minimum Gasteiger partial charge on any atom is -0.465 e. The molecule has 0 fully saturated rings. The summed E-state index contributed by atoms with van der Waals surface area (Å²) in [6.07, 6.45) is 3.55. The van der Waals surface area contributed by atoms with Crippen molar-refractivity contribution in [2.75, 3.05) is 13.2 Å². The number of hydrogen-bond acceptors (Lipinski definition) is 4. The van der Waals surface area contributed by atoms with Crippen LogP contribution in [0.2, 0.25) is 0 Å². The molecule has 0 saturated heterocycles. The van der Waals surface area contributed by atoms with Crippen LogP contribution >= 0.6 is 0 Å². The van der Waals surface area contributed by atoms with E-state index < -0.39 is 0 Å². The number of carbonyl (C=O) groups is 1. The molecule has 4 heteroatoms. The molecule has 1 rings (SSSR count). The molecule has 0 radical (unpaired) electrons. The molecular formula is C11H16N2O2.